The van der Waals surface area contributed by atoms with Crippen LogP contribution in [-0.2, 0) is 0 Å². The molecule has 0 aliphatic carbocycles. The summed E-state index contributed by atoms with van der Waals surface area (Å²) < 4.78 is 10.2. The second kappa shape index (κ2) is 7.86. The van der Waals surface area contributed by atoms with Crippen LogP contribution in [0.5, 0.6) is 5.75 Å². The first-order valence-corrected chi connectivity index (χ1v) is 9.03. The van der Waals surface area contributed by atoms with Gasteiger partial charge < -0.3 is 10.1 Å². The van der Waals surface area contributed by atoms with E-state index in [4.69, 9.17) is 32.6 Å². The molecule has 130 valence electrons. The lowest BCUT2D eigenvalue weighted by Crippen LogP contribution is -2.13. The third kappa shape index (κ3) is 3.95. The molecule has 0 radical (unpaired) electrons. The van der Waals surface area contributed by atoms with Crippen LogP contribution in [0.2, 0.25) is 10.0 Å². The van der Waals surface area contributed by atoms with Gasteiger partial charge in [0.1, 0.15) is 0 Å². The fraction of sp³-hybridized carbons (Fsp3) is 0.188. The number of rotatable bonds is 6. The third-order valence-corrected chi connectivity index (χ3v) is 4.62. The van der Waals surface area contributed by atoms with Gasteiger partial charge in [0.25, 0.3) is 5.91 Å². The van der Waals surface area contributed by atoms with Crippen molar-refractivity contribution in [3.05, 3.63) is 45.3 Å². The van der Waals surface area contributed by atoms with Crippen LogP contribution in [0.1, 0.15) is 23.7 Å². The minimum Gasteiger partial charge on any atom is -0.490 e. The van der Waals surface area contributed by atoms with Gasteiger partial charge in [-0.05, 0) is 40.3 Å². The van der Waals surface area contributed by atoms with Gasteiger partial charge in [0, 0.05) is 5.56 Å². The molecule has 9 heteroatoms. The largest absolute Gasteiger partial charge is 0.490 e. The number of hydrogen-bond donors (Lipinski definition) is 1. The van der Waals surface area contributed by atoms with Crippen molar-refractivity contribution in [2.24, 2.45) is 0 Å². The number of anilines is 1. The lowest BCUT2D eigenvalue weighted by molar-refractivity contribution is 0.102. The molecule has 0 atom stereocenters. The number of benzene rings is 1. The Hall–Kier alpha value is -2.09. The third-order valence-electron chi connectivity index (χ3n) is 3.19. The minimum atomic E-state index is -0.431. The van der Waals surface area contributed by atoms with E-state index in [0.717, 1.165) is 11.3 Å². The molecule has 0 unspecified atom stereocenters. The fourth-order valence-corrected chi connectivity index (χ4v) is 3.36. The van der Waals surface area contributed by atoms with Crippen molar-refractivity contribution in [1.29, 1.82) is 0 Å². The molecule has 0 fully saturated rings. The van der Waals surface area contributed by atoms with E-state index < -0.39 is 5.91 Å². The molecule has 0 saturated heterocycles. The van der Waals surface area contributed by atoms with Crippen LogP contribution in [0.3, 0.4) is 0 Å². The van der Waals surface area contributed by atoms with Crippen LogP contribution in [-0.4, -0.2) is 22.8 Å². The van der Waals surface area contributed by atoms with Crippen LogP contribution in [0.4, 0.5) is 5.82 Å². The van der Waals surface area contributed by atoms with Crippen molar-refractivity contribution in [2.75, 3.05) is 11.9 Å². The first kappa shape index (κ1) is 17.7. The lowest BCUT2D eigenvalue weighted by atomic mass is 10.2. The van der Waals surface area contributed by atoms with Crippen molar-refractivity contribution < 1.29 is 14.2 Å². The van der Waals surface area contributed by atoms with E-state index in [9.17, 15) is 4.79 Å². The average molecular weight is 398 g/mol. The van der Waals surface area contributed by atoms with E-state index in [1.165, 1.54) is 23.5 Å². The zero-order chi connectivity index (χ0) is 17.8. The highest BCUT2D eigenvalue weighted by Gasteiger charge is 2.19. The zero-order valence-electron chi connectivity index (χ0n) is 13.1. The van der Waals surface area contributed by atoms with Crippen LogP contribution in [0.25, 0.3) is 10.6 Å². The Balaban J connectivity index is 1.82. The fourth-order valence-electron chi connectivity index (χ4n) is 2.06. The van der Waals surface area contributed by atoms with E-state index >= 15 is 0 Å². The summed E-state index contributed by atoms with van der Waals surface area (Å²) in [6, 6.07) is 6.71. The van der Waals surface area contributed by atoms with Gasteiger partial charge in [0.2, 0.25) is 5.82 Å². The molecule has 2 heterocycles. The summed E-state index contributed by atoms with van der Waals surface area (Å²) in [7, 11) is 0. The molecule has 0 saturated carbocycles. The lowest BCUT2D eigenvalue weighted by Gasteiger charge is -2.11. The quantitative estimate of drug-likeness (QED) is 0.622. The topological polar surface area (TPSA) is 77.2 Å². The predicted octanol–water partition coefficient (Wildman–Crippen LogP) is 5.15. The van der Waals surface area contributed by atoms with Gasteiger partial charge in [0.15, 0.2) is 11.4 Å². The number of ether oxygens (including phenoxy) is 1. The summed E-state index contributed by atoms with van der Waals surface area (Å²) in [6.45, 7) is 2.46. The molecule has 0 bridgehead atoms. The Morgan fingerprint density at radius 1 is 1.32 bits per heavy atom. The summed E-state index contributed by atoms with van der Waals surface area (Å²) in [5.41, 5.74) is 0.738. The summed E-state index contributed by atoms with van der Waals surface area (Å²) in [5.74, 6) is 0.162. The maximum atomic E-state index is 12.5. The molecule has 25 heavy (non-hydrogen) atoms. The Morgan fingerprint density at radius 3 is 2.72 bits per heavy atom. The number of nitrogens with zero attached hydrogens (tertiary/aromatic N) is 2. The molecule has 1 amide bonds. The second-order valence-corrected chi connectivity index (χ2v) is 6.77. The normalized spacial score (nSPS) is 10.7. The zero-order valence-corrected chi connectivity index (χ0v) is 15.4. The van der Waals surface area contributed by atoms with Crippen LogP contribution in [0.15, 0.2) is 34.3 Å². The number of thiophene rings is 1. The van der Waals surface area contributed by atoms with Crippen LogP contribution < -0.4 is 10.1 Å². The summed E-state index contributed by atoms with van der Waals surface area (Å²) >= 11 is 13.8. The summed E-state index contributed by atoms with van der Waals surface area (Å²) in [5, 5.41) is 12.6. The molecule has 1 N–H and O–H groups in total. The molecule has 0 spiro atoms. The van der Waals surface area contributed by atoms with Crippen LogP contribution >= 0.6 is 34.5 Å². The number of nitrogens with one attached hydrogen (secondary N) is 1. The highest BCUT2D eigenvalue weighted by atomic mass is 35.5. The minimum absolute atomic E-state index is 0.228. The highest BCUT2D eigenvalue weighted by Crippen LogP contribution is 2.35. The molecular formula is C16H13Cl2N3O3S. The van der Waals surface area contributed by atoms with E-state index in [1.54, 1.807) is 0 Å². The molecule has 3 rings (SSSR count). The maximum absolute atomic E-state index is 12.5. The molecule has 1 aromatic carbocycles. The van der Waals surface area contributed by atoms with Crippen molar-refractivity contribution in [3.8, 4) is 16.3 Å². The Bertz CT molecular complexity index is 858. The van der Waals surface area contributed by atoms with Crippen molar-refractivity contribution >= 4 is 46.3 Å². The number of halogens is 2. The number of aromatic nitrogens is 2. The summed E-state index contributed by atoms with van der Waals surface area (Å²) in [4.78, 5) is 13.3. The smallest absolute Gasteiger partial charge is 0.257 e. The van der Waals surface area contributed by atoms with Gasteiger partial charge in [-0.3, -0.25) is 4.79 Å². The van der Waals surface area contributed by atoms with Gasteiger partial charge in [-0.15, -0.1) is 11.3 Å². The number of amides is 1. The number of hydrogen-bond acceptors (Lipinski definition) is 6. The van der Waals surface area contributed by atoms with E-state index in [0.29, 0.717) is 18.1 Å². The Labute approximate surface area is 157 Å². The first-order chi connectivity index (χ1) is 12.1. The Kier molecular flexibility index (Phi) is 5.57. The van der Waals surface area contributed by atoms with Gasteiger partial charge in [-0.2, -0.15) is 0 Å². The maximum Gasteiger partial charge on any atom is 0.257 e. The number of carbonyl (C=O) groups excluding carboxylic acids is 1. The summed E-state index contributed by atoms with van der Waals surface area (Å²) in [6.07, 6.45) is 0.819. The van der Waals surface area contributed by atoms with Gasteiger partial charge >= 0.3 is 0 Å². The number of carbonyl (C=O) groups is 1. The molecule has 2 aromatic heterocycles. The van der Waals surface area contributed by atoms with Gasteiger partial charge in [-0.1, -0.05) is 36.2 Å². The molecule has 3 aromatic rings. The molecule has 0 aliphatic rings. The van der Waals surface area contributed by atoms with Gasteiger partial charge in [-0.25, -0.2) is 4.63 Å². The molecular weight excluding hydrogens is 385 g/mol. The van der Waals surface area contributed by atoms with E-state index in [1.807, 2.05) is 24.4 Å². The van der Waals surface area contributed by atoms with Gasteiger partial charge in [0.05, 0.1) is 21.5 Å². The predicted molar refractivity (Wildman–Crippen MR) is 97.8 cm³/mol. The molecule has 6 nitrogen and oxygen atoms in total. The van der Waals surface area contributed by atoms with Crippen molar-refractivity contribution in [3.63, 3.8) is 0 Å². The van der Waals surface area contributed by atoms with E-state index in [-0.39, 0.29) is 21.4 Å². The SMILES string of the molecule is CCCOc1c(Cl)cc(C(=O)Nc2nonc2-c2cccs2)cc1Cl. The highest BCUT2D eigenvalue weighted by molar-refractivity contribution is 7.13. The van der Waals surface area contributed by atoms with Crippen LogP contribution in [0, 0.1) is 0 Å². The van der Waals surface area contributed by atoms with Crippen molar-refractivity contribution in [1.82, 2.24) is 10.3 Å². The average Bonchev–Trinajstić information content (AvgIpc) is 3.25. The Morgan fingerprint density at radius 2 is 2.08 bits per heavy atom. The first-order valence-electron chi connectivity index (χ1n) is 7.39. The molecule has 0 aliphatic heterocycles. The monoisotopic (exact) mass is 397 g/mol. The van der Waals surface area contributed by atoms with E-state index in [2.05, 4.69) is 15.6 Å². The second-order valence-electron chi connectivity index (χ2n) is 5.01. The standard InChI is InChI=1S/C16H13Cl2N3O3S/c1-2-5-23-14-10(17)7-9(8-11(14)18)16(22)19-15-13(20-24-21-15)12-4-3-6-25-12/h3-4,6-8H,2,5H2,1H3,(H,19,21,22). The van der Waals surface area contributed by atoms with Crippen molar-refractivity contribution in [2.45, 2.75) is 13.3 Å².